The van der Waals surface area contributed by atoms with Crippen LogP contribution in [0, 0.1) is 22.7 Å². The van der Waals surface area contributed by atoms with Crippen molar-refractivity contribution in [2.24, 2.45) is 22.7 Å². The lowest BCUT2D eigenvalue weighted by Gasteiger charge is -2.62. The summed E-state index contributed by atoms with van der Waals surface area (Å²) in [5, 5.41) is 11.2. The van der Waals surface area contributed by atoms with Crippen LogP contribution in [0.25, 0.3) is 0 Å². The van der Waals surface area contributed by atoms with E-state index in [9.17, 15) is 24.3 Å². The average Bonchev–Trinajstić information content (AvgIpc) is 3.26. The molecule has 46 heavy (non-hydrogen) atoms. The second kappa shape index (κ2) is 16.2. The average molecular weight is 647 g/mol. The number of unbranched alkanes of at least 4 members (excludes halogenated alkanes) is 6. The Bertz CT molecular complexity index is 1190. The molecule has 1 saturated heterocycles. The predicted molar refractivity (Wildman–Crippen MR) is 171 cm³/mol. The number of hydrogen-bond acceptors (Lipinski definition) is 10. The molecule has 1 aliphatic heterocycles. The molecule has 0 radical (unpaired) electrons. The minimum Gasteiger partial charge on any atom is -0.458 e. The summed E-state index contributed by atoms with van der Waals surface area (Å²) in [6, 6.07) is 0. The zero-order valence-corrected chi connectivity index (χ0v) is 28.7. The fraction of sp³-hybridized carbons (Fsp3) is 0.722. The number of aliphatic hydroxyl groups excluding tert-OH is 1. The second-order valence-corrected chi connectivity index (χ2v) is 13.4. The van der Waals surface area contributed by atoms with Crippen molar-refractivity contribution in [2.75, 3.05) is 0 Å². The van der Waals surface area contributed by atoms with Crippen LogP contribution in [0.1, 0.15) is 113 Å². The van der Waals surface area contributed by atoms with Crippen LogP contribution >= 0.6 is 0 Å². The van der Waals surface area contributed by atoms with E-state index in [1.54, 1.807) is 6.08 Å². The maximum atomic E-state index is 13.5. The molecule has 10 nitrogen and oxygen atoms in total. The fourth-order valence-corrected chi connectivity index (χ4v) is 7.73. The van der Waals surface area contributed by atoms with Crippen LogP contribution in [0.3, 0.4) is 0 Å². The summed E-state index contributed by atoms with van der Waals surface area (Å²) in [5.41, 5.74) is -0.919. The highest BCUT2D eigenvalue weighted by Gasteiger charge is 2.75. The Kier molecular flexibility index (Phi) is 13.2. The number of ether oxygens (including phenoxy) is 5. The van der Waals surface area contributed by atoms with Crippen molar-refractivity contribution in [3.8, 4) is 0 Å². The number of rotatable bonds is 15. The summed E-state index contributed by atoms with van der Waals surface area (Å²) < 4.78 is 29.9. The second-order valence-electron chi connectivity index (χ2n) is 13.4. The van der Waals surface area contributed by atoms with Crippen molar-refractivity contribution < 1.29 is 48.0 Å². The van der Waals surface area contributed by atoms with Gasteiger partial charge in [0.1, 0.15) is 11.5 Å². The van der Waals surface area contributed by atoms with Gasteiger partial charge in [0.15, 0.2) is 6.10 Å². The molecule has 3 aliphatic rings. The van der Waals surface area contributed by atoms with Gasteiger partial charge in [-0.2, -0.15) is 0 Å². The van der Waals surface area contributed by atoms with Gasteiger partial charge in [-0.15, -0.1) is 0 Å². The van der Waals surface area contributed by atoms with Gasteiger partial charge in [-0.1, -0.05) is 83.6 Å². The molecule has 0 aromatic rings. The van der Waals surface area contributed by atoms with E-state index in [2.05, 4.69) is 13.5 Å². The molecule has 2 aliphatic carbocycles. The lowest BCUT2D eigenvalue weighted by molar-refractivity contribution is -0.279. The van der Waals surface area contributed by atoms with Crippen LogP contribution in [0.15, 0.2) is 36.0 Å². The topological polar surface area (TPSA) is 135 Å². The van der Waals surface area contributed by atoms with Crippen molar-refractivity contribution >= 4 is 23.9 Å². The SMILES string of the molecule is C=C/C(C)=C\C[C@]1(C)[C@H]2C[C@@H](O)C=C3[C@@H](OC(C)=O)O[C@H](OC(C)=O)[C@@]32[C@H](OC(C)=O)[C@@H](OC(=O)CCCCCCCCC)[C@@H]1C. The highest BCUT2D eigenvalue weighted by Crippen LogP contribution is 2.68. The van der Waals surface area contributed by atoms with Crippen molar-refractivity contribution in [3.63, 3.8) is 0 Å². The third kappa shape index (κ3) is 8.11. The molecule has 1 spiro atoms. The molecule has 9 atom stereocenters. The summed E-state index contributed by atoms with van der Waals surface area (Å²) in [6.45, 7) is 15.7. The van der Waals surface area contributed by atoms with Crippen LogP contribution in [0.2, 0.25) is 0 Å². The van der Waals surface area contributed by atoms with Crippen LogP contribution in [-0.4, -0.2) is 59.9 Å². The van der Waals surface area contributed by atoms with Crippen molar-refractivity contribution in [2.45, 2.75) is 144 Å². The summed E-state index contributed by atoms with van der Waals surface area (Å²) >= 11 is 0. The summed E-state index contributed by atoms with van der Waals surface area (Å²) in [7, 11) is 0. The monoisotopic (exact) mass is 646 g/mol. The molecular formula is C36H54O10. The van der Waals surface area contributed by atoms with Gasteiger partial charge in [-0.3, -0.25) is 23.9 Å². The number of allylic oxidation sites excluding steroid dienone is 3. The zero-order chi connectivity index (χ0) is 34.2. The van der Waals surface area contributed by atoms with Gasteiger partial charge in [0.2, 0.25) is 12.6 Å². The van der Waals surface area contributed by atoms with Crippen molar-refractivity contribution in [1.82, 2.24) is 0 Å². The number of esters is 4. The van der Waals surface area contributed by atoms with Gasteiger partial charge in [0.05, 0.1) is 6.10 Å². The molecule has 258 valence electrons. The first kappa shape index (κ1) is 37.5. The number of aliphatic hydroxyl groups is 1. The van der Waals surface area contributed by atoms with Crippen LogP contribution in [-0.2, 0) is 42.9 Å². The minimum atomic E-state index is -1.45. The standard InChI is InChI=1S/C36H54O10/c1-9-11-12-13-14-15-16-17-30(41)45-31-23(4)35(8,19-18-22(3)10-2)29-21-27(40)20-28-33(43-25(6)38)46-34(44-26(7)39)36(28,29)32(31)42-24(5)37/h10,18,20,23,27,29,31-34,40H,2,9,11-17,19,21H2,1,3-8H3/b22-18-/t23-,27-,29+,31-,32+,33-,34-,35-,36-/m0/s1. The fourth-order valence-electron chi connectivity index (χ4n) is 7.73. The summed E-state index contributed by atoms with van der Waals surface area (Å²) in [5.74, 6) is -3.29. The van der Waals surface area contributed by atoms with E-state index < -0.39 is 77.4 Å². The number of hydrogen-bond donors (Lipinski definition) is 1. The van der Waals surface area contributed by atoms with Crippen molar-refractivity contribution in [3.05, 3.63) is 36.0 Å². The van der Waals surface area contributed by atoms with Crippen molar-refractivity contribution in [1.29, 1.82) is 0 Å². The van der Waals surface area contributed by atoms with Gasteiger partial charge in [-0.25, -0.2) is 0 Å². The smallest absolute Gasteiger partial charge is 0.306 e. The first-order chi connectivity index (χ1) is 21.7. The number of carbonyl (C=O) groups excluding carboxylic acids is 4. The Balaban J connectivity index is 2.15. The van der Waals surface area contributed by atoms with Gasteiger partial charge in [-0.05, 0) is 43.6 Å². The van der Waals surface area contributed by atoms with Crippen LogP contribution in [0.4, 0.5) is 0 Å². The molecular weight excluding hydrogens is 592 g/mol. The maximum Gasteiger partial charge on any atom is 0.306 e. The highest BCUT2D eigenvalue weighted by molar-refractivity contribution is 5.70. The largest absolute Gasteiger partial charge is 0.458 e. The lowest BCUT2D eigenvalue weighted by Crippen LogP contribution is -2.69. The molecule has 0 unspecified atom stereocenters. The molecule has 3 rings (SSSR count). The zero-order valence-electron chi connectivity index (χ0n) is 28.7. The third-order valence-electron chi connectivity index (χ3n) is 10.2. The van der Waals surface area contributed by atoms with Gasteiger partial charge in [0.25, 0.3) is 0 Å². The summed E-state index contributed by atoms with van der Waals surface area (Å²) in [6.07, 6.45) is 7.65. The molecule has 0 aromatic carbocycles. The molecule has 10 heteroatoms. The Morgan fingerprint density at radius 2 is 1.57 bits per heavy atom. The van der Waals surface area contributed by atoms with E-state index in [0.717, 1.165) is 24.8 Å². The predicted octanol–water partition coefficient (Wildman–Crippen LogP) is 6.25. The number of carbonyl (C=O) groups is 4. The van der Waals surface area contributed by atoms with Gasteiger partial charge < -0.3 is 24.1 Å². The first-order valence-electron chi connectivity index (χ1n) is 16.8. The van der Waals surface area contributed by atoms with E-state index in [1.165, 1.54) is 46.1 Å². The molecule has 0 bridgehead atoms. The van der Waals surface area contributed by atoms with E-state index in [-0.39, 0.29) is 12.8 Å². The minimum absolute atomic E-state index is 0.202. The quantitative estimate of drug-likeness (QED) is 0.0715. The molecule has 0 amide bonds. The molecule has 0 aromatic heterocycles. The van der Waals surface area contributed by atoms with Gasteiger partial charge in [0, 0.05) is 38.7 Å². The first-order valence-corrected chi connectivity index (χ1v) is 16.8. The summed E-state index contributed by atoms with van der Waals surface area (Å²) in [4.78, 5) is 51.1. The normalized spacial score (nSPS) is 33.6. The van der Waals surface area contributed by atoms with Crippen LogP contribution < -0.4 is 0 Å². The highest BCUT2D eigenvalue weighted by atomic mass is 16.8. The third-order valence-corrected chi connectivity index (χ3v) is 10.2. The molecule has 1 heterocycles. The van der Waals surface area contributed by atoms with E-state index in [4.69, 9.17) is 23.7 Å². The van der Waals surface area contributed by atoms with Crippen LogP contribution in [0.5, 0.6) is 0 Å². The Morgan fingerprint density at radius 3 is 2.15 bits per heavy atom. The molecule has 1 N–H and O–H groups in total. The maximum absolute atomic E-state index is 13.5. The Morgan fingerprint density at radius 1 is 0.957 bits per heavy atom. The van der Waals surface area contributed by atoms with E-state index >= 15 is 0 Å². The molecule has 2 fully saturated rings. The lowest BCUT2D eigenvalue weighted by atomic mass is 9.44. The van der Waals surface area contributed by atoms with E-state index in [0.29, 0.717) is 18.4 Å². The Labute approximate surface area is 273 Å². The van der Waals surface area contributed by atoms with Gasteiger partial charge >= 0.3 is 23.9 Å². The van der Waals surface area contributed by atoms with E-state index in [1.807, 2.05) is 26.8 Å². The Hall–Kier alpha value is -2.98. The molecule has 1 saturated carbocycles.